The second-order valence-electron chi connectivity index (χ2n) is 3.61. The smallest absolute Gasteiger partial charge is 0.238 e. The van der Waals surface area contributed by atoms with Gasteiger partial charge in [-0.05, 0) is 30.3 Å². The number of carbonyl (C=O) groups excluding carboxylic acids is 1. The van der Waals surface area contributed by atoms with Gasteiger partial charge in [0, 0.05) is 5.56 Å². The minimum atomic E-state index is -0.847. The first-order valence-corrected chi connectivity index (χ1v) is 5.27. The summed E-state index contributed by atoms with van der Waals surface area (Å²) in [4.78, 5) is 11.8. The molecule has 0 saturated heterocycles. The summed E-state index contributed by atoms with van der Waals surface area (Å²) in [6.07, 6.45) is 2.14. The van der Waals surface area contributed by atoms with Crippen LogP contribution in [0.1, 0.15) is 16.1 Å². The molecule has 94 valence electrons. The number of nitriles is 1. The molecule has 0 spiro atoms. The van der Waals surface area contributed by atoms with Gasteiger partial charge in [-0.1, -0.05) is 6.07 Å². The molecule has 2 aromatic rings. The van der Waals surface area contributed by atoms with E-state index in [0.29, 0.717) is 0 Å². The zero-order chi connectivity index (χ0) is 13.8. The number of halogens is 2. The van der Waals surface area contributed by atoms with E-state index in [0.717, 1.165) is 18.2 Å². The number of rotatable bonds is 3. The van der Waals surface area contributed by atoms with Crippen LogP contribution in [0, 0.1) is 23.0 Å². The largest absolute Gasteiger partial charge is 0.461 e. The first-order chi connectivity index (χ1) is 9.13. The van der Waals surface area contributed by atoms with Crippen LogP contribution in [0.5, 0.6) is 0 Å². The standard InChI is InChI=1S/C14H7F2NO2/c15-11-3-1-4-12(16)10(11)7-9(8-17)14(18)13-5-2-6-19-13/h1-7H/b9-7+. The number of hydrogen-bond acceptors (Lipinski definition) is 3. The van der Waals surface area contributed by atoms with Crippen molar-refractivity contribution in [1.29, 1.82) is 5.26 Å². The quantitative estimate of drug-likeness (QED) is 0.482. The molecule has 0 radical (unpaired) electrons. The van der Waals surface area contributed by atoms with Crippen molar-refractivity contribution in [3.63, 3.8) is 0 Å². The summed E-state index contributed by atoms with van der Waals surface area (Å²) >= 11 is 0. The zero-order valence-corrected chi connectivity index (χ0v) is 9.56. The molecule has 5 heteroatoms. The van der Waals surface area contributed by atoms with Crippen LogP contribution in [0.15, 0.2) is 46.6 Å². The van der Waals surface area contributed by atoms with Crippen LogP contribution in [0.25, 0.3) is 6.08 Å². The first-order valence-electron chi connectivity index (χ1n) is 5.27. The monoisotopic (exact) mass is 259 g/mol. The Labute approximate surface area is 107 Å². The lowest BCUT2D eigenvalue weighted by atomic mass is 10.1. The number of allylic oxidation sites excluding steroid dienone is 1. The fraction of sp³-hybridized carbons (Fsp3) is 0. The average molecular weight is 259 g/mol. The summed E-state index contributed by atoms with van der Waals surface area (Å²) < 4.78 is 31.7. The van der Waals surface area contributed by atoms with Crippen LogP contribution in [0.2, 0.25) is 0 Å². The molecule has 2 rings (SSSR count). The molecule has 0 N–H and O–H groups in total. The van der Waals surface area contributed by atoms with Crippen molar-refractivity contribution < 1.29 is 18.0 Å². The molecular weight excluding hydrogens is 252 g/mol. The number of ketones is 1. The Morgan fingerprint density at radius 3 is 2.42 bits per heavy atom. The molecule has 1 aromatic heterocycles. The maximum absolute atomic E-state index is 13.4. The second-order valence-corrected chi connectivity index (χ2v) is 3.61. The van der Waals surface area contributed by atoms with Crippen LogP contribution in [-0.2, 0) is 0 Å². The van der Waals surface area contributed by atoms with E-state index in [-0.39, 0.29) is 5.76 Å². The minimum Gasteiger partial charge on any atom is -0.461 e. The van der Waals surface area contributed by atoms with Gasteiger partial charge < -0.3 is 4.42 Å². The highest BCUT2D eigenvalue weighted by atomic mass is 19.1. The molecule has 0 saturated carbocycles. The van der Waals surface area contributed by atoms with Crippen LogP contribution in [0.4, 0.5) is 8.78 Å². The van der Waals surface area contributed by atoms with Crippen molar-refractivity contribution in [3.8, 4) is 6.07 Å². The molecule has 0 fully saturated rings. The van der Waals surface area contributed by atoms with E-state index in [2.05, 4.69) is 0 Å². The van der Waals surface area contributed by atoms with Crippen molar-refractivity contribution in [2.45, 2.75) is 0 Å². The van der Waals surface area contributed by atoms with Gasteiger partial charge in [0.25, 0.3) is 0 Å². The van der Waals surface area contributed by atoms with Crippen LogP contribution in [0.3, 0.4) is 0 Å². The molecule has 19 heavy (non-hydrogen) atoms. The number of furan rings is 1. The Hall–Kier alpha value is -2.74. The zero-order valence-electron chi connectivity index (χ0n) is 9.56. The lowest BCUT2D eigenvalue weighted by molar-refractivity contribution is 0.101. The van der Waals surface area contributed by atoms with E-state index in [9.17, 15) is 13.6 Å². The van der Waals surface area contributed by atoms with Gasteiger partial charge in [-0.2, -0.15) is 5.26 Å². The van der Waals surface area contributed by atoms with E-state index >= 15 is 0 Å². The average Bonchev–Trinajstić information content (AvgIpc) is 2.92. The lowest BCUT2D eigenvalue weighted by Crippen LogP contribution is -2.01. The van der Waals surface area contributed by atoms with E-state index < -0.39 is 28.6 Å². The number of nitrogens with zero attached hydrogens (tertiary/aromatic N) is 1. The highest BCUT2D eigenvalue weighted by molar-refractivity contribution is 6.12. The van der Waals surface area contributed by atoms with Crippen molar-refractivity contribution in [2.75, 3.05) is 0 Å². The van der Waals surface area contributed by atoms with Crippen LogP contribution < -0.4 is 0 Å². The van der Waals surface area contributed by atoms with Gasteiger partial charge in [0.05, 0.1) is 6.26 Å². The fourth-order valence-electron chi connectivity index (χ4n) is 1.48. The predicted molar refractivity (Wildman–Crippen MR) is 63.0 cm³/mol. The summed E-state index contributed by atoms with van der Waals surface area (Å²) in [5, 5.41) is 8.91. The van der Waals surface area contributed by atoms with Gasteiger partial charge in [0.1, 0.15) is 23.3 Å². The summed E-state index contributed by atoms with van der Waals surface area (Å²) in [5.74, 6) is -2.49. The normalized spacial score (nSPS) is 11.1. The molecule has 0 aliphatic heterocycles. The SMILES string of the molecule is N#C/C(=C\c1c(F)cccc1F)C(=O)c1ccco1. The third-order valence-corrected chi connectivity index (χ3v) is 2.40. The molecule has 0 bridgehead atoms. The van der Waals surface area contributed by atoms with Crippen molar-refractivity contribution in [2.24, 2.45) is 0 Å². The number of hydrogen-bond donors (Lipinski definition) is 0. The molecule has 0 aliphatic rings. The number of benzene rings is 1. The van der Waals surface area contributed by atoms with Crippen molar-refractivity contribution in [1.82, 2.24) is 0 Å². The van der Waals surface area contributed by atoms with Gasteiger partial charge in [-0.3, -0.25) is 4.79 Å². The van der Waals surface area contributed by atoms with Gasteiger partial charge in [-0.25, -0.2) is 8.78 Å². The first kappa shape index (κ1) is 12.7. The number of carbonyl (C=O) groups is 1. The predicted octanol–water partition coefficient (Wildman–Crippen LogP) is 3.35. The summed E-state index contributed by atoms with van der Waals surface area (Å²) in [7, 11) is 0. The maximum atomic E-state index is 13.4. The summed E-state index contributed by atoms with van der Waals surface area (Å²) in [5.41, 5.74) is -0.835. The Morgan fingerprint density at radius 2 is 1.89 bits per heavy atom. The third-order valence-electron chi connectivity index (χ3n) is 2.40. The molecule has 1 heterocycles. The summed E-state index contributed by atoms with van der Waals surface area (Å²) in [6, 6.07) is 7.74. The molecule has 0 amide bonds. The molecule has 0 aliphatic carbocycles. The third kappa shape index (κ3) is 2.58. The molecular formula is C14H7F2NO2. The maximum Gasteiger partial charge on any atom is 0.238 e. The van der Waals surface area contributed by atoms with Gasteiger partial charge >= 0.3 is 0 Å². The molecule has 1 aromatic carbocycles. The van der Waals surface area contributed by atoms with Gasteiger partial charge in [-0.15, -0.1) is 0 Å². The van der Waals surface area contributed by atoms with E-state index in [1.807, 2.05) is 0 Å². The Bertz CT molecular complexity index is 662. The van der Waals surface area contributed by atoms with Gasteiger partial charge in [0.2, 0.25) is 5.78 Å². The number of Topliss-reactive ketones (excluding diaryl/α,β-unsaturated/α-hetero) is 1. The Kier molecular flexibility index (Phi) is 3.53. The topological polar surface area (TPSA) is 54.0 Å². The Balaban J connectivity index is 2.46. The molecule has 3 nitrogen and oxygen atoms in total. The van der Waals surface area contributed by atoms with E-state index in [1.54, 1.807) is 6.07 Å². The molecule has 0 unspecified atom stereocenters. The highest BCUT2D eigenvalue weighted by Crippen LogP contribution is 2.18. The van der Waals surface area contributed by atoms with Crippen LogP contribution >= 0.6 is 0 Å². The lowest BCUT2D eigenvalue weighted by Gasteiger charge is -2.00. The van der Waals surface area contributed by atoms with Crippen molar-refractivity contribution >= 4 is 11.9 Å². The Morgan fingerprint density at radius 1 is 1.21 bits per heavy atom. The fourth-order valence-corrected chi connectivity index (χ4v) is 1.48. The minimum absolute atomic E-state index is 0.0652. The molecule has 0 atom stereocenters. The second kappa shape index (κ2) is 5.27. The highest BCUT2D eigenvalue weighted by Gasteiger charge is 2.16. The van der Waals surface area contributed by atoms with Crippen molar-refractivity contribution in [3.05, 3.63) is 65.1 Å². The summed E-state index contributed by atoms with van der Waals surface area (Å²) in [6.45, 7) is 0. The van der Waals surface area contributed by atoms with E-state index in [1.165, 1.54) is 24.5 Å². The van der Waals surface area contributed by atoms with E-state index in [4.69, 9.17) is 9.68 Å². The van der Waals surface area contributed by atoms with Crippen LogP contribution in [-0.4, -0.2) is 5.78 Å². The van der Waals surface area contributed by atoms with Gasteiger partial charge in [0.15, 0.2) is 5.76 Å².